The molecule has 7 heteroatoms. The minimum atomic E-state index is -0.200. The van der Waals surface area contributed by atoms with Crippen molar-refractivity contribution in [1.29, 1.82) is 0 Å². The van der Waals surface area contributed by atoms with Gasteiger partial charge in [-0.1, -0.05) is 6.92 Å². The van der Waals surface area contributed by atoms with Gasteiger partial charge in [-0.25, -0.2) is 4.98 Å². The van der Waals surface area contributed by atoms with Crippen LogP contribution in [-0.4, -0.2) is 25.1 Å². The molecule has 3 aromatic heterocycles. The van der Waals surface area contributed by atoms with E-state index in [1.807, 2.05) is 45.3 Å². The molecule has 0 atom stereocenters. The molecule has 0 saturated carbocycles. The third-order valence-corrected chi connectivity index (χ3v) is 3.98. The number of halogens is 1. The van der Waals surface area contributed by atoms with E-state index in [0.29, 0.717) is 17.2 Å². The standard InChI is InChI=1S/C15H16BrN5O/c1-4-11-7-13(20(3)19-11)18-15(22)14-9(2)17-12-6-5-10(16)8-21(12)14/h5-8H,4H2,1-3H3,(H,18,22). The lowest BCUT2D eigenvalue weighted by Crippen LogP contribution is -2.17. The first-order valence-electron chi connectivity index (χ1n) is 6.98. The van der Waals surface area contributed by atoms with Crippen LogP contribution in [0, 0.1) is 6.92 Å². The third kappa shape index (κ3) is 2.52. The molecule has 0 aliphatic rings. The summed E-state index contributed by atoms with van der Waals surface area (Å²) in [5, 5.41) is 7.24. The lowest BCUT2D eigenvalue weighted by Gasteiger charge is -2.06. The van der Waals surface area contributed by atoms with E-state index in [2.05, 4.69) is 31.3 Å². The van der Waals surface area contributed by atoms with Crippen LogP contribution in [0.15, 0.2) is 28.9 Å². The van der Waals surface area contributed by atoms with Crippen LogP contribution >= 0.6 is 15.9 Å². The number of aromatic nitrogens is 4. The van der Waals surface area contributed by atoms with Crippen molar-refractivity contribution in [2.45, 2.75) is 20.3 Å². The molecule has 114 valence electrons. The Labute approximate surface area is 136 Å². The number of hydrogen-bond acceptors (Lipinski definition) is 3. The van der Waals surface area contributed by atoms with E-state index >= 15 is 0 Å². The van der Waals surface area contributed by atoms with Gasteiger partial charge in [-0.05, 0) is 41.4 Å². The Bertz CT molecular complexity index is 864. The molecule has 0 unspecified atom stereocenters. The number of pyridine rings is 1. The minimum absolute atomic E-state index is 0.200. The quantitative estimate of drug-likeness (QED) is 0.779. The molecule has 3 rings (SSSR count). The number of nitrogens with one attached hydrogen (secondary N) is 1. The second kappa shape index (κ2) is 5.57. The van der Waals surface area contributed by atoms with E-state index in [-0.39, 0.29) is 5.91 Å². The van der Waals surface area contributed by atoms with Gasteiger partial charge < -0.3 is 5.32 Å². The molecule has 0 aliphatic heterocycles. The summed E-state index contributed by atoms with van der Waals surface area (Å²) in [5.41, 5.74) is 2.89. The topological polar surface area (TPSA) is 64.2 Å². The molecule has 1 amide bonds. The molecule has 22 heavy (non-hydrogen) atoms. The van der Waals surface area contributed by atoms with E-state index in [0.717, 1.165) is 22.2 Å². The van der Waals surface area contributed by atoms with Gasteiger partial charge in [0.25, 0.3) is 5.91 Å². The molecular weight excluding hydrogens is 346 g/mol. The number of amides is 1. The number of aryl methyl sites for hydroxylation is 3. The molecule has 0 spiro atoms. The molecule has 3 heterocycles. The molecule has 3 aromatic rings. The number of hydrogen-bond donors (Lipinski definition) is 1. The van der Waals surface area contributed by atoms with E-state index < -0.39 is 0 Å². The minimum Gasteiger partial charge on any atom is -0.305 e. The lowest BCUT2D eigenvalue weighted by atomic mass is 10.3. The lowest BCUT2D eigenvalue weighted by molar-refractivity contribution is 0.102. The number of carbonyl (C=O) groups excluding carboxylic acids is 1. The zero-order valence-corrected chi connectivity index (χ0v) is 14.2. The van der Waals surface area contributed by atoms with Crippen molar-refractivity contribution in [2.24, 2.45) is 7.05 Å². The Balaban J connectivity index is 2.00. The van der Waals surface area contributed by atoms with Crippen molar-refractivity contribution in [1.82, 2.24) is 19.2 Å². The Morgan fingerprint density at radius 2 is 2.18 bits per heavy atom. The Hall–Kier alpha value is -2.15. The molecule has 0 radical (unpaired) electrons. The average Bonchev–Trinajstić information content (AvgIpc) is 2.98. The van der Waals surface area contributed by atoms with Gasteiger partial charge in [0.1, 0.15) is 17.2 Å². The van der Waals surface area contributed by atoms with Gasteiger partial charge in [0, 0.05) is 23.8 Å². The molecule has 0 saturated heterocycles. The van der Waals surface area contributed by atoms with Crippen LogP contribution in [0.1, 0.15) is 28.8 Å². The second-order valence-electron chi connectivity index (χ2n) is 5.07. The fourth-order valence-corrected chi connectivity index (χ4v) is 2.74. The Morgan fingerprint density at radius 1 is 1.41 bits per heavy atom. The first-order chi connectivity index (χ1) is 10.5. The summed E-state index contributed by atoms with van der Waals surface area (Å²) in [6.45, 7) is 3.86. The molecule has 6 nitrogen and oxygen atoms in total. The monoisotopic (exact) mass is 361 g/mol. The highest BCUT2D eigenvalue weighted by Crippen LogP contribution is 2.18. The number of rotatable bonds is 3. The van der Waals surface area contributed by atoms with Gasteiger partial charge in [0.2, 0.25) is 0 Å². The van der Waals surface area contributed by atoms with Crippen molar-refractivity contribution in [2.75, 3.05) is 5.32 Å². The van der Waals surface area contributed by atoms with Crippen molar-refractivity contribution >= 4 is 33.3 Å². The van der Waals surface area contributed by atoms with Gasteiger partial charge in [-0.15, -0.1) is 0 Å². The molecule has 1 N–H and O–H groups in total. The van der Waals surface area contributed by atoms with Gasteiger partial charge in [0.05, 0.1) is 11.4 Å². The van der Waals surface area contributed by atoms with Gasteiger partial charge in [-0.3, -0.25) is 13.9 Å². The first kappa shape index (κ1) is 14.8. The van der Waals surface area contributed by atoms with Crippen LogP contribution < -0.4 is 5.32 Å². The van der Waals surface area contributed by atoms with Crippen LogP contribution in [0.3, 0.4) is 0 Å². The maximum atomic E-state index is 12.6. The maximum Gasteiger partial charge on any atom is 0.275 e. The molecule has 0 bridgehead atoms. The largest absolute Gasteiger partial charge is 0.305 e. The smallest absolute Gasteiger partial charge is 0.275 e. The molecule has 0 aromatic carbocycles. The van der Waals surface area contributed by atoms with E-state index in [4.69, 9.17) is 0 Å². The summed E-state index contributed by atoms with van der Waals surface area (Å²) in [4.78, 5) is 17.1. The fraction of sp³-hybridized carbons (Fsp3) is 0.267. The number of carbonyl (C=O) groups is 1. The zero-order valence-electron chi connectivity index (χ0n) is 12.6. The zero-order chi connectivity index (χ0) is 15.9. The van der Waals surface area contributed by atoms with Crippen LogP contribution in [0.25, 0.3) is 5.65 Å². The average molecular weight is 362 g/mol. The van der Waals surface area contributed by atoms with Crippen LogP contribution in [0.2, 0.25) is 0 Å². The van der Waals surface area contributed by atoms with Crippen molar-refractivity contribution < 1.29 is 4.79 Å². The summed E-state index contributed by atoms with van der Waals surface area (Å²) >= 11 is 3.42. The van der Waals surface area contributed by atoms with Crippen LogP contribution in [0.5, 0.6) is 0 Å². The predicted octanol–water partition coefficient (Wildman–Crippen LogP) is 2.95. The molecule has 0 fully saturated rings. The predicted molar refractivity (Wildman–Crippen MR) is 88.2 cm³/mol. The van der Waals surface area contributed by atoms with Gasteiger partial charge in [0.15, 0.2) is 0 Å². The third-order valence-electron chi connectivity index (χ3n) is 3.51. The number of fused-ring (bicyclic) bond motifs is 1. The van der Waals surface area contributed by atoms with Crippen LogP contribution in [0.4, 0.5) is 5.82 Å². The summed E-state index contributed by atoms with van der Waals surface area (Å²) in [6, 6.07) is 5.65. The number of anilines is 1. The van der Waals surface area contributed by atoms with E-state index in [1.165, 1.54) is 0 Å². The first-order valence-corrected chi connectivity index (χ1v) is 7.77. The number of imidazole rings is 1. The molecular formula is C15H16BrN5O. The SMILES string of the molecule is CCc1cc(NC(=O)c2c(C)nc3ccc(Br)cn23)n(C)n1. The highest BCUT2D eigenvalue weighted by atomic mass is 79.9. The molecule has 0 aliphatic carbocycles. The van der Waals surface area contributed by atoms with Gasteiger partial charge in [-0.2, -0.15) is 5.10 Å². The maximum absolute atomic E-state index is 12.6. The Morgan fingerprint density at radius 3 is 2.86 bits per heavy atom. The van der Waals surface area contributed by atoms with E-state index in [1.54, 1.807) is 9.08 Å². The second-order valence-corrected chi connectivity index (χ2v) is 5.99. The summed E-state index contributed by atoms with van der Waals surface area (Å²) in [5.74, 6) is 0.472. The summed E-state index contributed by atoms with van der Waals surface area (Å²) in [6.07, 6.45) is 2.66. The van der Waals surface area contributed by atoms with Crippen molar-refractivity contribution in [3.63, 3.8) is 0 Å². The van der Waals surface area contributed by atoms with Gasteiger partial charge >= 0.3 is 0 Å². The highest BCUT2D eigenvalue weighted by molar-refractivity contribution is 9.10. The number of nitrogens with zero attached hydrogens (tertiary/aromatic N) is 4. The highest BCUT2D eigenvalue weighted by Gasteiger charge is 2.18. The van der Waals surface area contributed by atoms with Crippen molar-refractivity contribution in [3.05, 3.63) is 46.0 Å². The fourth-order valence-electron chi connectivity index (χ4n) is 2.40. The van der Waals surface area contributed by atoms with Crippen molar-refractivity contribution in [3.8, 4) is 0 Å². The van der Waals surface area contributed by atoms with E-state index in [9.17, 15) is 4.79 Å². The normalized spacial score (nSPS) is 11.1. The summed E-state index contributed by atoms with van der Waals surface area (Å²) < 4.78 is 4.34. The Kier molecular flexibility index (Phi) is 3.74. The summed E-state index contributed by atoms with van der Waals surface area (Å²) in [7, 11) is 1.81. The van der Waals surface area contributed by atoms with Crippen LogP contribution in [-0.2, 0) is 13.5 Å².